The van der Waals surface area contributed by atoms with Crippen molar-refractivity contribution in [1.82, 2.24) is 4.98 Å². The Morgan fingerprint density at radius 3 is 2.66 bits per heavy atom. The first-order valence-corrected chi connectivity index (χ1v) is 12.3. The molecule has 0 atom stereocenters. The quantitative estimate of drug-likeness (QED) is 0.558. The van der Waals surface area contributed by atoms with E-state index >= 15 is 0 Å². The minimum absolute atomic E-state index is 0.0300. The predicted molar refractivity (Wildman–Crippen MR) is 129 cm³/mol. The van der Waals surface area contributed by atoms with E-state index in [4.69, 9.17) is 9.47 Å². The molecule has 3 aromatic rings. The summed E-state index contributed by atoms with van der Waals surface area (Å²) in [7, 11) is 0. The normalized spacial score (nSPS) is 17.4. The zero-order valence-corrected chi connectivity index (χ0v) is 19.0. The Morgan fingerprint density at radius 2 is 1.88 bits per heavy atom. The van der Waals surface area contributed by atoms with Crippen LogP contribution in [0.1, 0.15) is 43.6 Å². The van der Waals surface area contributed by atoms with Crippen LogP contribution < -0.4 is 15.0 Å². The second-order valence-corrected chi connectivity index (χ2v) is 9.54. The highest BCUT2D eigenvalue weighted by Gasteiger charge is 2.16. The molecule has 1 amide bonds. The monoisotopic (exact) mass is 451 g/mol. The predicted octanol–water partition coefficient (Wildman–Crippen LogP) is 5.20. The summed E-state index contributed by atoms with van der Waals surface area (Å²) >= 11 is 1.49. The number of hydrogen-bond acceptors (Lipinski definition) is 6. The Balaban J connectivity index is 1.16. The van der Waals surface area contributed by atoms with E-state index in [1.54, 1.807) is 0 Å². The van der Waals surface area contributed by atoms with Crippen molar-refractivity contribution in [3.63, 3.8) is 0 Å². The number of fused-ring (bicyclic) bond motifs is 1. The number of hydrogen-bond donors (Lipinski definition) is 1. The van der Waals surface area contributed by atoms with Gasteiger partial charge in [0.2, 0.25) is 0 Å². The standard InChI is InChI=1S/C25H29N3O3S/c29-24(17-31-21-9-6-19(7-10-21)18-4-2-1-3-5-18)27-25-26-22-11-8-20(16-23(22)32-25)28-12-14-30-15-13-28/h6-11,16,18H,1-5,12-15,17H2,(H,26,27,29). The SMILES string of the molecule is O=C(COc1ccc(C2CCCCC2)cc1)Nc1nc2ccc(N3CCOCC3)cc2s1. The summed E-state index contributed by atoms with van der Waals surface area (Å²) in [4.78, 5) is 19.3. The van der Waals surface area contributed by atoms with Gasteiger partial charge in [0.15, 0.2) is 11.7 Å². The highest BCUT2D eigenvalue weighted by molar-refractivity contribution is 7.22. The Labute approximate surface area is 192 Å². The molecule has 168 valence electrons. The number of ether oxygens (including phenoxy) is 2. The summed E-state index contributed by atoms with van der Waals surface area (Å²) in [6.07, 6.45) is 6.56. The van der Waals surface area contributed by atoms with Crippen LogP contribution in [-0.4, -0.2) is 43.8 Å². The van der Waals surface area contributed by atoms with Crippen molar-refractivity contribution in [2.45, 2.75) is 38.0 Å². The van der Waals surface area contributed by atoms with Gasteiger partial charge in [0.25, 0.3) is 5.91 Å². The molecular formula is C25H29N3O3S. The number of thiazole rings is 1. The fraction of sp³-hybridized carbons (Fsp3) is 0.440. The lowest BCUT2D eigenvalue weighted by Gasteiger charge is -2.28. The Kier molecular flexibility index (Phi) is 6.55. The van der Waals surface area contributed by atoms with Crippen LogP contribution in [0.4, 0.5) is 10.8 Å². The molecule has 2 aromatic carbocycles. The molecule has 5 rings (SSSR count). The minimum atomic E-state index is -0.200. The third-order valence-corrected chi connectivity index (χ3v) is 7.25. The molecule has 7 heteroatoms. The van der Waals surface area contributed by atoms with E-state index in [0.29, 0.717) is 11.0 Å². The maximum atomic E-state index is 12.4. The molecule has 0 bridgehead atoms. The number of nitrogens with one attached hydrogen (secondary N) is 1. The van der Waals surface area contributed by atoms with Crippen molar-refractivity contribution in [3.8, 4) is 5.75 Å². The lowest BCUT2D eigenvalue weighted by molar-refractivity contribution is -0.118. The van der Waals surface area contributed by atoms with E-state index in [1.165, 1.54) is 54.7 Å². The Morgan fingerprint density at radius 1 is 1.09 bits per heavy atom. The molecule has 0 unspecified atom stereocenters. The van der Waals surface area contributed by atoms with Crippen LogP contribution in [0.5, 0.6) is 5.75 Å². The van der Waals surface area contributed by atoms with Crippen molar-refractivity contribution in [2.75, 3.05) is 43.1 Å². The first kappa shape index (κ1) is 21.2. The van der Waals surface area contributed by atoms with Gasteiger partial charge in [-0.15, -0.1) is 0 Å². The van der Waals surface area contributed by atoms with Gasteiger partial charge in [-0.05, 0) is 54.7 Å². The van der Waals surface area contributed by atoms with Crippen molar-refractivity contribution in [1.29, 1.82) is 0 Å². The number of nitrogens with zero attached hydrogens (tertiary/aromatic N) is 2. The van der Waals surface area contributed by atoms with E-state index in [2.05, 4.69) is 39.5 Å². The highest BCUT2D eigenvalue weighted by Crippen LogP contribution is 2.33. The smallest absolute Gasteiger partial charge is 0.264 e. The van der Waals surface area contributed by atoms with Crippen LogP contribution in [0, 0.1) is 0 Å². The molecule has 1 aliphatic carbocycles. The maximum Gasteiger partial charge on any atom is 0.264 e. The van der Waals surface area contributed by atoms with E-state index in [9.17, 15) is 4.79 Å². The van der Waals surface area contributed by atoms with Crippen LogP contribution in [0.25, 0.3) is 10.2 Å². The molecule has 1 aliphatic heterocycles. The van der Waals surface area contributed by atoms with Gasteiger partial charge in [0.1, 0.15) is 5.75 Å². The maximum absolute atomic E-state index is 12.4. The van der Waals surface area contributed by atoms with Gasteiger partial charge in [-0.1, -0.05) is 42.7 Å². The molecule has 1 saturated carbocycles. The fourth-order valence-electron chi connectivity index (χ4n) is 4.56. The molecule has 0 radical (unpaired) electrons. The Hall–Kier alpha value is -2.64. The topological polar surface area (TPSA) is 63.7 Å². The van der Waals surface area contributed by atoms with E-state index < -0.39 is 0 Å². The molecule has 2 fully saturated rings. The van der Waals surface area contributed by atoms with Crippen molar-refractivity contribution < 1.29 is 14.3 Å². The molecule has 1 saturated heterocycles. The van der Waals surface area contributed by atoms with Crippen molar-refractivity contribution >= 4 is 38.3 Å². The number of benzene rings is 2. The first-order valence-electron chi connectivity index (χ1n) is 11.5. The van der Waals surface area contributed by atoms with Crippen LogP contribution in [0.15, 0.2) is 42.5 Å². The number of amides is 1. The van der Waals surface area contributed by atoms with E-state index in [-0.39, 0.29) is 12.5 Å². The van der Waals surface area contributed by atoms with E-state index in [1.807, 2.05) is 18.2 Å². The number of morpholine rings is 1. The van der Waals surface area contributed by atoms with Gasteiger partial charge in [-0.3, -0.25) is 10.1 Å². The average molecular weight is 452 g/mol. The number of aromatic nitrogens is 1. The summed E-state index contributed by atoms with van der Waals surface area (Å²) in [5, 5.41) is 3.47. The fourth-order valence-corrected chi connectivity index (χ4v) is 5.48. The number of carbonyl (C=O) groups excluding carboxylic acids is 1. The minimum Gasteiger partial charge on any atom is -0.484 e. The van der Waals surface area contributed by atoms with Gasteiger partial charge < -0.3 is 14.4 Å². The summed E-state index contributed by atoms with van der Waals surface area (Å²) in [6.45, 7) is 3.27. The molecule has 2 heterocycles. The van der Waals surface area contributed by atoms with Crippen LogP contribution in [0.2, 0.25) is 0 Å². The van der Waals surface area contributed by atoms with Gasteiger partial charge in [0.05, 0.1) is 23.4 Å². The largest absolute Gasteiger partial charge is 0.484 e. The second-order valence-electron chi connectivity index (χ2n) is 8.51. The first-order chi connectivity index (χ1) is 15.7. The number of rotatable bonds is 6. The lowest BCUT2D eigenvalue weighted by Crippen LogP contribution is -2.36. The van der Waals surface area contributed by atoms with Gasteiger partial charge in [0, 0.05) is 18.8 Å². The lowest BCUT2D eigenvalue weighted by atomic mass is 9.84. The van der Waals surface area contributed by atoms with Crippen molar-refractivity contribution in [3.05, 3.63) is 48.0 Å². The van der Waals surface area contributed by atoms with Gasteiger partial charge in [-0.25, -0.2) is 4.98 Å². The summed E-state index contributed by atoms with van der Waals surface area (Å²) in [5.74, 6) is 1.19. The molecule has 2 aliphatic rings. The van der Waals surface area contributed by atoms with E-state index in [0.717, 1.165) is 42.3 Å². The van der Waals surface area contributed by atoms with Gasteiger partial charge >= 0.3 is 0 Å². The highest BCUT2D eigenvalue weighted by atomic mass is 32.1. The van der Waals surface area contributed by atoms with Gasteiger partial charge in [-0.2, -0.15) is 0 Å². The summed E-state index contributed by atoms with van der Waals surface area (Å²) in [6, 6.07) is 14.5. The van der Waals surface area contributed by atoms with Crippen LogP contribution in [0.3, 0.4) is 0 Å². The van der Waals surface area contributed by atoms with Crippen LogP contribution >= 0.6 is 11.3 Å². The molecule has 6 nitrogen and oxygen atoms in total. The number of carbonyl (C=O) groups is 1. The second kappa shape index (κ2) is 9.88. The van der Waals surface area contributed by atoms with Crippen molar-refractivity contribution in [2.24, 2.45) is 0 Å². The molecule has 0 spiro atoms. The zero-order chi connectivity index (χ0) is 21.8. The molecule has 1 aromatic heterocycles. The summed E-state index contributed by atoms with van der Waals surface area (Å²) in [5.41, 5.74) is 3.44. The third-order valence-electron chi connectivity index (χ3n) is 6.32. The Bertz CT molecular complexity index is 1050. The number of anilines is 2. The molecule has 1 N–H and O–H groups in total. The molecule has 32 heavy (non-hydrogen) atoms. The van der Waals surface area contributed by atoms with Crippen LogP contribution in [-0.2, 0) is 9.53 Å². The molecular weight excluding hydrogens is 422 g/mol. The average Bonchev–Trinajstić information content (AvgIpc) is 3.25. The zero-order valence-electron chi connectivity index (χ0n) is 18.2. The summed E-state index contributed by atoms with van der Waals surface area (Å²) < 4.78 is 12.2. The third kappa shape index (κ3) is 5.05.